The molecule has 1 aliphatic heterocycles. The van der Waals surface area contributed by atoms with Crippen molar-refractivity contribution in [2.75, 3.05) is 37.7 Å². The van der Waals surface area contributed by atoms with E-state index in [0.717, 1.165) is 37.0 Å². The topological polar surface area (TPSA) is 85.4 Å². The van der Waals surface area contributed by atoms with Gasteiger partial charge in [-0.05, 0) is 12.5 Å². The number of rotatable bonds is 6. The molecule has 3 heterocycles. The molecule has 1 aliphatic rings. The normalized spacial score (nSPS) is 14.7. The highest BCUT2D eigenvalue weighted by Gasteiger charge is 2.18. The fourth-order valence-electron chi connectivity index (χ4n) is 3.04. The van der Waals surface area contributed by atoms with Crippen LogP contribution in [0.3, 0.4) is 0 Å². The predicted octanol–water partition coefficient (Wildman–Crippen LogP) is 1.68. The Morgan fingerprint density at radius 3 is 2.96 bits per heavy atom. The number of amides is 1. The van der Waals surface area contributed by atoms with Gasteiger partial charge in [0.1, 0.15) is 0 Å². The lowest BCUT2D eigenvalue weighted by Crippen LogP contribution is -2.36. The van der Waals surface area contributed by atoms with Crippen molar-refractivity contribution in [3.63, 3.8) is 0 Å². The van der Waals surface area contributed by atoms with Crippen molar-refractivity contribution >= 4 is 22.6 Å². The van der Waals surface area contributed by atoms with Gasteiger partial charge in [0.15, 0.2) is 5.82 Å². The van der Waals surface area contributed by atoms with Gasteiger partial charge >= 0.3 is 0 Å². The van der Waals surface area contributed by atoms with Gasteiger partial charge in [-0.1, -0.05) is 23.4 Å². The van der Waals surface area contributed by atoms with Crippen LogP contribution < -0.4 is 10.2 Å². The third kappa shape index (κ3) is 3.55. The van der Waals surface area contributed by atoms with Gasteiger partial charge in [0.2, 0.25) is 5.76 Å². The summed E-state index contributed by atoms with van der Waals surface area (Å²) in [5, 5.41) is 12.4. The van der Waals surface area contributed by atoms with Crippen molar-refractivity contribution in [3.05, 3.63) is 42.3 Å². The number of anilines is 1. The first-order chi connectivity index (χ1) is 12.8. The molecule has 1 aromatic carbocycles. The van der Waals surface area contributed by atoms with Gasteiger partial charge in [-0.15, -0.1) is 0 Å². The zero-order chi connectivity index (χ0) is 17.8. The molecule has 0 atom stereocenters. The zero-order valence-electron chi connectivity index (χ0n) is 14.4. The predicted molar refractivity (Wildman–Crippen MR) is 96.2 cm³/mol. The zero-order valence-corrected chi connectivity index (χ0v) is 14.4. The van der Waals surface area contributed by atoms with Gasteiger partial charge in [-0.25, -0.2) is 0 Å². The van der Waals surface area contributed by atoms with E-state index in [-0.39, 0.29) is 11.7 Å². The molecule has 0 unspecified atom stereocenters. The number of aromatic nitrogens is 3. The molecule has 1 saturated heterocycles. The minimum absolute atomic E-state index is 0.232. The number of ether oxygens (including phenoxy) is 1. The smallest absolute Gasteiger partial charge is 0.289 e. The van der Waals surface area contributed by atoms with Crippen molar-refractivity contribution in [2.24, 2.45) is 0 Å². The quantitative estimate of drug-likeness (QED) is 0.677. The van der Waals surface area contributed by atoms with Crippen LogP contribution in [0.4, 0.5) is 5.82 Å². The van der Waals surface area contributed by atoms with Crippen molar-refractivity contribution < 1.29 is 14.1 Å². The SMILES string of the molecule is O=C(NCCCn1ncc2ccccc21)c1cc(N2CCOCC2)no1. The number of nitrogens with zero attached hydrogens (tertiary/aromatic N) is 4. The van der Waals surface area contributed by atoms with Crippen LogP contribution in [0.15, 0.2) is 41.1 Å². The Balaban J connectivity index is 1.27. The van der Waals surface area contributed by atoms with Crippen molar-refractivity contribution in [3.8, 4) is 0 Å². The molecule has 1 N–H and O–H groups in total. The minimum atomic E-state index is -0.248. The van der Waals surface area contributed by atoms with E-state index in [1.807, 2.05) is 40.0 Å². The van der Waals surface area contributed by atoms with E-state index in [9.17, 15) is 4.79 Å². The number of nitrogens with one attached hydrogen (secondary N) is 1. The molecule has 0 spiro atoms. The first-order valence-electron chi connectivity index (χ1n) is 8.79. The summed E-state index contributed by atoms with van der Waals surface area (Å²) in [5.41, 5.74) is 1.10. The summed E-state index contributed by atoms with van der Waals surface area (Å²) in [4.78, 5) is 14.3. The summed E-state index contributed by atoms with van der Waals surface area (Å²) in [6, 6.07) is 9.76. The van der Waals surface area contributed by atoms with Crippen molar-refractivity contribution in [1.29, 1.82) is 0 Å². The summed E-state index contributed by atoms with van der Waals surface area (Å²) in [6.07, 6.45) is 2.64. The summed E-state index contributed by atoms with van der Waals surface area (Å²) in [5.74, 6) is 0.667. The molecule has 2 aromatic heterocycles. The van der Waals surface area contributed by atoms with Crippen LogP contribution >= 0.6 is 0 Å². The highest BCUT2D eigenvalue weighted by molar-refractivity contribution is 5.92. The maximum absolute atomic E-state index is 12.2. The Labute approximate surface area is 150 Å². The third-order valence-electron chi connectivity index (χ3n) is 4.44. The second-order valence-electron chi connectivity index (χ2n) is 6.18. The Morgan fingerprint density at radius 1 is 1.23 bits per heavy atom. The Bertz CT molecular complexity index is 882. The van der Waals surface area contributed by atoms with Gasteiger partial charge in [-0.3, -0.25) is 9.48 Å². The van der Waals surface area contributed by atoms with Crippen LogP contribution in [0.1, 0.15) is 17.0 Å². The first kappa shape index (κ1) is 16.6. The van der Waals surface area contributed by atoms with Gasteiger partial charge < -0.3 is 19.5 Å². The number of carbonyl (C=O) groups is 1. The summed E-state index contributed by atoms with van der Waals surface area (Å²) < 4.78 is 12.4. The number of aryl methyl sites for hydroxylation is 1. The number of carbonyl (C=O) groups excluding carboxylic acids is 1. The molecular weight excluding hydrogens is 334 g/mol. The number of benzene rings is 1. The van der Waals surface area contributed by atoms with Crippen molar-refractivity contribution in [2.45, 2.75) is 13.0 Å². The molecule has 3 aromatic rings. The lowest BCUT2D eigenvalue weighted by molar-refractivity contribution is 0.0915. The van der Waals surface area contributed by atoms with Crippen LogP contribution in [0.25, 0.3) is 10.9 Å². The molecule has 0 radical (unpaired) electrons. The lowest BCUT2D eigenvalue weighted by atomic mass is 10.2. The van der Waals surface area contributed by atoms with Crippen LogP contribution in [0, 0.1) is 0 Å². The highest BCUT2D eigenvalue weighted by Crippen LogP contribution is 2.16. The van der Waals surface area contributed by atoms with Gasteiger partial charge in [0, 0.05) is 37.6 Å². The van der Waals surface area contributed by atoms with Gasteiger partial charge in [0.25, 0.3) is 5.91 Å². The molecule has 4 rings (SSSR count). The molecule has 136 valence electrons. The molecule has 26 heavy (non-hydrogen) atoms. The second kappa shape index (κ2) is 7.57. The van der Waals surface area contributed by atoms with E-state index in [1.54, 1.807) is 6.07 Å². The summed E-state index contributed by atoms with van der Waals surface area (Å²) >= 11 is 0. The fraction of sp³-hybridized carbons (Fsp3) is 0.389. The van der Waals surface area contributed by atoms with E-state index >= 15 is 0 Å². The second-order valence-corrected chi connectivity index (χ2v) is 6.18. The van der Waals surface area contributed by atoms with Gasteiger partial charge in [-0.2, -0.15) is 5.10 Å². The molecule has 8 nitrogen and oxygen atoms in total. The monoisotopic (exact) mass is 355 g/mol. The van der Waals surface area contributed by atoms with Crippen LogP contribution in [-0.2, 0) is 11.3 Å². The highest BCUT2D eigenvalue weighted by atomic mass is 16.5. The maximum atomic E-state index is 12.2. The minimum Gasteiger partial charge on any atom is -0.378 e. The van der Waals surface area contributed by atoms with Crippen LogP contribution in [0.2, 0.25) is 0 Å². The average Bonchev–Trinajstić information content (AvgIpc) is 3.33. The molecule has 1 fully saturated rings. The number of para-hydroxylation sites is 1. The lowest BCUT2D eigenvalue weighted by Gasteiger charge is -2.25. The fourth-order valence-corrected chi connectivity index (χ4v) is 3.04. The molecule has 1 amide bonds. The Kier molecular flexibility index (Phi) is 4.83. The Hall–Kier alpha value is -2.87. The Morgan fingerprint density at radius 2 is 2.08 bits per heavy atom. The molecule has 8 heteroatoms. The molecule has 0 saturated carbocycles. The molecule has 0 bridgehead atoms. The number of fused-ring (bicyclic) bond motifs is 1. The maximum Gasteiger partial charge on any atom is 0.289 e. The number of hydrogen-bond donors (Lipinski definition) is 1. The average molecular weight is 355 g/mol. The van der Waals surface area contributed by atoms with E-state index in [0.29, 0.717) is 25.6 Å². The molecular formula is C18H21N5O3. The van der Waals surface area contributed by atoms with E-state index < -0.39 is 0 Å². The first-order valence-corrected chi connectivity index (χ1v) is 8.79. The number of hydrogen-bond acceptors (Lipinski definition) is 6. The third-order valence-corrected chi connectivity index (χ3v) is 4.44. The summed E-state index contributed by atoms with van der Waals surface area (Å²) in [6.45, 7) is 4.12. The summed E-state index contributed by atoms with van der Waals surface area (Å²) in [7, 11) is 0. The van der Waals surface area contributed by atoms with Crippen molar-refractivity contribution in [1.82, 2.24) is 20.3 Å². The number of morpholine rings is 1. The van der Waals surface area contributed by atoms with Crippen LogP contribution in [0.5, 0.6) is 0 Å². The standard InChI is InChI=1S/C18H21N5O3/c24-18(16-12-17(21-26-16)22-8-10-25-11-9-22)19-6-3-7-23-15-5-2-1-4-14(15)13-20-23/h1-2,4-5,12-13H,3,6-11H2,(H,19,24). The van der Waals surface area contributed by atoms with Gasteiger partial charge in [0.05, 0.1) is 24.9 Å². The van der Waals surface area contributed by atoms with E-state index in [1.165, 1.54) is 0 Å². The van der Waals surface area contributed by atoms with Crippen LogP contribution in [-0.4, -0.2) is 53.7 Å². The largest absolute Gasteiger partial charge is 0.378 e. The van der Waals surface area contributed by atoms with E-state index in [2.05, 4.69) is 15.6 Å². The van der Waals surface area contributed by atoms with E-state index in [4.69, 9.17) is 9.26 Å². The molecule has 0 aliphatic carbocycles.